The Morgan fingerprint density at radius 1 is 1.22 bits per heavy atom. The molecule has 4 nitrogen and oxygen atoms in total. The molecule has 4 heteroatoms. The molecule has 0 spiro atoms. The summed E-state index contributed by atoms with van der Waals surface area (Å²) in [7, 11) is 1.68. The third kappa shape index (κ3) is 2.27. The van der Waals surface area contributed by atoms with E-state index in [0.717, 1.165) is 34.6 Å². The highest BCUT2D eigenvalue weighted by atomic mass is 16.5. The quantitative estimate of drug-likeness (QED) is 0.900. The van der Waals surface area contributed by atoms with Gasteiger partial charge in [0.25, 0.3) is 0 Å². The monoisotopic (exact) mass is 243 g/mol. The molecule has 2 aromatic rings. The first-order valence-corrected chi connectivity index (χ1v) is 5.92. The number of methoxy groups -OCH3 is 1. The number of hydrogen-bond donors (Lipinski definition) is 1. The normalized spacial score (nSPS) is 10.4. The molecule has 0 fully saturated rings. The minimum atomic E-state index is 0.475. The summed E-state index contributed by atoms with van der Waals surface area (Å²) >= 11 is 0. The van der Waals surface area contributed by atoms with Crippen LogP contribution in [0.25, 0.3) is 11.3 Å². The molecule has 94 valence electrons. The van der Waals surface area contributed by atoms with Gasteiger partial charge in [-0.25, -0.2) is 0 Å². The molecule has 0 amide bonds. The Bertz CT molecular complexity index is 567. The summed E-state index contributed by atoms with van der Waals surface area (Å²) in [5.41, 5.74) is 9.64. The Morgan fingerprint density at radius 3 is 2.61 bits per heavy atom. The number of nitrogens with zero attached hydrogens (tertiary/aromatic N) is 2. The van der Waals surface area contributed by atoms with Gasteiger partial charge in [0.05, 0.1) is 12.8 Å². The van der Waals surface area contributed by atoms with E-state index in [-0.39, 0.29) is 0 Å². The fourth-order valence-corrected chi connectivity index (χ4v) is 1.85. The molecule has 0 bridgehead atoms. The molecular formula is C14H17N3O. The summed E-state index contributed by atoms with van der Waals surface area (Å²) < 4.78 is 5.31. The van der Waals surface area contributed by atoms with Crippen LogP contribution in [0, 0.1) is 6.92 Å². The maximum absolute atomic E-state index is 5.67. The number of rotatable bonds is 3. The van der Waals surface area contributed by atoms with Crippen molar-refractivity contribution in [2.75, 3.05) is 12.8 Å². The van der Waals surface area contributed by atoms with Crippen molar-refractivity contribution in [3.8, 4) is 17.0 Å². The van der Waals surface area contributed by atoms with Crippen molar-refractivity contribution in [3.63, 3.8) is 0 Å². The van der Waals surface area contributed by atoms with Crippen LogP contribution in [0.1, 0.15) is 18.1 Å². The molecule has 0 unspecified atom stereocenters. The zero-order valence-corrected chi connectivity index (χ0v) is 10.9. The molecule has 2 rings (SSSR count). The minimum absolute atomic E-state index is 0.475. The Balaban J connectivity index is 2.47. The second kappa shape index (κ2) is 5.04. The smallest absolute Gasteiger partial charge is 0.149 e. The first-order valence-electron chi connectivity index (χ1n) is 5.92. The number of nitrogen functional groups attached to an aromatic ring is 1. The van der Waals surface area contributed by atoms with E-state index in [1.165, 1.54) is 0 Å². The number of aryl methyl sites for hydroxylation is 2. The van der Waals surface area contributed by atoms with Crippen molar-refractivity contribution in [2.45, 2.75) is 20.3 Å². The van der Waals surface area contributed by atoms with Crippen molar-refractivity contribution in [1.82, 2.24) is 10.2 Å². The van der Waals surface area contributed by atoms with E-state index in [1.54, 1.807) is 7.11 Å². The number of aromatic nitrogens is 2. The van der Waals surface area contributed by atoms with Gasteiger partial charge in [-0.2, -0.15) is 0 Å². The molecule has 0 radical (unpaired) electrons. The van der Waals surface area contributed by atoms with Gasteiger partial charge < -0.3 is 10.5 Å². The molecule has 0 aliphatic carbocycles. The van der Waals surface area contributed by atoms with Gasteiger partial charge >= 0.3 is 0 Å². The van der Waals surface area contributed by atoms with Gasteiger partial charge in [0, 0.05) is 5.56 Å². The molecule has 2 N–H and O–H groups in total. The highest BCUT2D eigenvalue weighted by molar-refractivity contribution is 5.63. The van der Waals surface area contributed by atoms with Crippen LogP contribution in [-0.2, 0) is 6.42 Å². The van der Waals surface area contributed by atoms with Crippen LogP contribution in [0.3, 0.4) is 0 Å². The third-order valence-corrected chi connectivity index (χ3v) is 2.98. The van der Waals surface area contributed by atoms with E-state index in [2.05, 4.69) is 23.2 Å². The number of benzene rings is 1. The van der Waals surface area contributed by atoms with Crippen molar-refractivity contribution in [2.24, 2.45) is 0 Å². The van der Waals surface area contributed by atoms with E-state index in [1.807, 2.05) is 25.1 Å². The Labute approximate surface area is 107 Å². The van der Waals surface area contributed by atoms with Crippen molar-refractivity contribution in [1.29, 1.82) is 0 Å². The zero-order chi connectivity index (χ0) is 13.1. The maximum Gasteiger partial charge on any atom is 0.149 e. The summed E-state index contributed by atoms with van der Waals surface area (Å²) in [4.78, 5) is 0. The average molecular weight is 243 g/mol. The summed E-state index contributed by atoms with van der Waals surface area (Å²) in [5.74, 6) is 1.38. The minimum Gasteiger partial charge on any atom is -0.496 e. The van der Waals surface area contributed by atoms with Gasteiger partial charge in [0.15, 0.2) is 0 Å². The van der Waals surface area contributed by atoms with Gasteiger partial charge in [-0.1, -0.05) is 6.92 Å². The lowest BCUT2D eigenvalue weighted by Gasteiger charge is -2.09. The maximum atomic E-state index is 5.67. The van der Waals surface area contributed by atoms with Gasteiger partial charge in [-0.15, -0.1) is 10.2 Å². The van der Waals surface area contributed by atoms with Crippen molar-refractivity contribution >= 4 is 5.82 Å². The standard InChI is InChI=1S/C14H17N3O/c1-4-10-8-11(5-6-13(10)18-3)12-7-9(2)14(15)17-16-12/h5-8H,4H2,1-3H3,(H2,15,17). The first-order chi connectivity index (χ1) is 8.65. The van der Waals surface area contributed by atoms with E-state index < -0.39 is 0 Å². The van der Waals surface area contributed by atoms with Gasteiger partial charge in [-0.3, -0.25) is 0 Å². The number of nitrogens with two attached hydrogens (primary N) is 1. The second-order valence-corrected chi connectivity index (χ2v) is 4.18. The molecule has 1 aromatic heterocycles. The van der Waals surface area contributed by atoms with Crippen molar-refractivity contribution in [3.05, 3.63) is 35.4 Å². The summed E-state index contributed by atoms with van der Waals surface area (Å²) in [5, 5.41) is 8.07. The number of hydrogen-bond acceptors (Lipinski definition) is 4. The summed E-state index contributed by atoms with van der Waals surface area (Å²) in [6.07, 6.45) is 0.915. The van der Waals surface area contributed by atoms with E-state index in [9.17, 15) is 0 Å². The van der Waals surface area contributed by atoms with E-state index in [4.69, 9.17) is 10.5 Å². The number of anilines is 1. The lowest BCUT2D eigenvalue weighted by molar-refractivity contribution is 0.410. The molecule has 18 heavy (non-hydrogen) atoms. The molecule has 0 saturated heterocycles. The van der Waals surface area contributed by atoms with Gasteiger partial charge in [-0.05, 0) is 48.7 Å². The van der Waals surface area contributed by atoms with Gasteiger partial charge in [0.1, 0.15) is 11.6 Å². The van der Waals surface area contributed by atoms with Crippen LogP contribution in [0.5, 0.6) is 5.75 Å². The summed E-state index contributed by atoms with van der Waals surface area (Å²) in [6, 6.07) is 7.97. The molecular weight excluding hydrogens is 226 g/mol. The third-order valence-electron chi connectivity index (χ3n) is 2.98. The average Bonchev–Trinajstić information content (AvgIpc) is 2.41. The summed E-state index contributed by atoms with van der Waals surface area (Å²) in [6.45, 7) is 4.03. The van der Waals surface area contributed by atoms with Crippen LogP contribution in [-0.4, -0.2) is 17.3 Å². The Kier molecular flexibility index (Phi) is 3.46. The predicted molar refractivity (Wildman–Crippen MR) is 72.5 cm³/mol. The molecule has 0 aliphatic heterocycles. The van der Waals surface area contributed by atoms with Crippen molar-refractivity contribution < 1.29 is 4.74 Å². The fraction of sp³-hybridized carbons (Fsp3) is 0.286. The number of ether oxygens (including phenoxy) is 1. The van der Waals surface area contributed by atoms with Crippen LogP contribution in [0.4, 0.5) is 5.82 Å². The molecule has 0 saturated carbocycles. The zero-order valence-electron chi connectivity index (χ0n) is 10.9. The lowest BCUT2D eigenvalue weighted by Crippen LogP contribution is -1.98. The predicted octanol–water partition coefficient (Wildman–Crippen LogP) is 2.61. The Morgan fingerprint density at radius 2 is 2.00 bits per heavy atom. The second-order valence-electron chi connectivity index (χ2n) is 4.18. The fourth-order valence-electron chi connectivity index (χ4n) is 1.85. The Hall–Kier alpha value is -2.10. The van der Waals surface area contributed by atoms with Crippen LogP contribution >= 0.6 is 0 Å². The van der Waals surface area contributed by atoms with E-state index in [0.29, 0.717) is 5.82 Å². The molecule has 0 atom stereocenters. The van der Waals surface area contributed by atoms with Crippen LogP contribution in [0.15, 0.2) is 24.3 Å². The lowest BCUT2D eigenvalue weighted by atomic mass is 10.0. The molecule has 1 heterocycles. The highest BCUT2D eigenvalue weighted by Crippen LogP contribution is 2.26. The first kappa shape index (κ1) is 12.4. The SMILES string of the molecule is CCc1cc(-c2cc(C)c(N)nn2)ccc1OC. The molecule has 1 aromatic carbocycles. The largest absolute Gasteiger partial charge is 0.496 e. The topological polar surface area (TPSA) is 61.0 Å². The van der Waals surface area contributed by atoms with Crippen LogP contribution in [0.2, 0.25) is 0 Å². The molecule has 0 aliphatic rings. The van der Waals surface area contributed by atoms with Crippen LogP contribution < -0.4 is 10.5 Å². The highest BCUT2D eigenvalue weighted by Gasteiger charge is 2.07. The van der Waals surface area contributed by atoms with E-state index >= 15 is 0 Å². The van der Waals surface area contributed by atoms with Gasteiger partial charge in [0.2, 0.25) is 0 Å².